The zero-order valence-electron chi connectivity index (χ0n) is 8.17. The molecule has 0 saturated carbocycles. The van der Waals surface area contributed by atoms with Gasteiger partial charge in [-0.15, -0.1) is 0 Å². The minimum absolute atomic E-state index is 0. The number of hydrogen-bond donors (Lipinski definition) is 1. The fourth-order valence-electron chi connectivity index (χ4n) is 0.907. The Morgan fingerprint density at radius 1 is 1.43 bits per heavy atom. The van der Waals surface area contributed by atoms with Crippen LogP contribution in [0.25, 0.3) is 0 Å². The van der Waals surface area contributed by atoms with Crippen LogP contribution < -0.4 is 29.6 Å². The van der Waals surface area contributed by atoms with Crippen molar-refractivity contribution in [3.8, 4) is 0 Å². The fourth-order valence-corrected chi connectivity index (χ4v) is 2.04. The molecular formula is C8H11NaO4S. The maximum Gasteiger partial charge on any atom is 1.00 e. The van der Waals surface area contributed by atoms with Gasteiger partial charge in [-0.1, -0.05) is 18.2 Å². The molecule has 0 fully saturated rings. The first kappa shape index (κ1) is 14.2. The zero-order valence-corrected chi connectivity index (χ0v) is 11.0. The Hall–Kier alpha value is 0.250. The maximum absolute atomic E-state index is 11.7. The van der Waals surface area contributed by atoms with Crippen LogP contribution in [0.2, 0.25) is 0 Å². The van der Waals surface area contributed by atoms with Gasteiger partial charge in [-0.25, -0.2) is 0 Å². The summed E-state index contributed by atoms with van der Waals surface area (Å²) in [6.45, 7) is 0. The third-order valence-corrected chi connectivity index (χ3v) is 4.06. The summed E-state index contributed by atoms with van der Waals surface area (Å²) in [6.07, 6.45) is 0. The van der Waals surface area contributed by atoms with Crippen molar-refractivity contribution < 1.29 is 47.6 Å². The van der Waals surface area contributed by atoms with Crippen LogP contribution in [0.5, 0.6) is 0 Å². The Morgan fingerprint density at radius 2 is 1.93 bits per heavy atom. The van der Waals surface area contributed by atoms with Gasteiger partial charge in [0.25, 0.3) is 0 Å². The minimum atomic E-state index is -4.73. The Balaban J connectivity index is 0.00000169. The third kappa shape index (κ3) is 2.64. The van der Waals surface area contributed by atoms with Gasteiger partial charge in [-0.3, -0.25) is 4.21 Å². The van der Waals surface area contributed by atoms with Gasteiger partial charge in [-0.2, -0.15) is 0 Å². The molecule has 14 heavy (non-hydrogen) atoms. The molecule has 0 aromatic heterocycles. The predicted molar refractivity (Wildman–Crippen MR) is 47.7 cm³/mol. The third-order valence-electron chi connectivity index (χ3n) is 1.76. The smallest absolute Gasteiger partial charge is 0.764 e. The molecule has 0 aliphatic rings. The molecule has 0 bridgehead atoms. The summed E-state index contributed by atoms with van der Waals surface area (Å²) in [7, 11) is -3.70. The molecule has 1 aromatic rings. The van der Waals surface area contributed by atoms with Crippen LogP contribution in [-0.2, 0) is 13.8 Å². The summed E-state index contributed by atoms with van der Waals surface area (Å²) in [5.41, 5.74) is 0. The van der Waals surface area contributed by atoms with Crippen LogP contribution in [-0.4, -0.2) is 26.9 Å². The van der Waals surface area contributed by atoms with E-state index in [0.29, 0.717) is 0 Å². The van der Waals surface area contributed by atoms with Crippen molar-refractivity contribution in [1.29, 1.82) is 0 Å². The van der Waals surface area contributed by atoms with Crippen molar-refractivity contribution in [3.63, 3.8) is 0 Å². The molecule has 4 nitrogen and oxygen atoms in total. The molecular weight excluding hydrogens is 215 g/mol. The molecule has 0 unspecified atom stereocenters. The largest absolute Gasteiger partial charge is 1.00 e. The van der Waals surface area contributed by atoms with Crippen LogP contribution >= 0.6 is 0 Å². The molecule has 0 radical (unpaired) electrons. The zero-order chi connectivity index (χ0) is 9.97. The summed E-state index contributed by atoms with van der Waals surface area (Å²) in [5.74, 6) is -1.04. The second-order valence-electron chi connectivity index (χ2n) is 2.56. The second-order valence-corrected chi connectivity index (χ2v) is 5.53. The molecule has 0 heterocycles. The van der Waals surface area contributed by atoms with E-state index in [9.17, 15) is 8.76 Å². The standard InChI is InChI=1S/C8H12O4S.Na/c1-12-13(10,11,7-9)8-5-3-2-4-6-8;/h2-6,9H,7H2,1H3,(H,10,11);/q;+1/p-1. The minimum Gasteiger partial charge on any atom is -0.764 e. The van der Waals surface area contributed by atoms with Crippen molar-refractivity contribution in [2.45, 2.75) is 4.90 Å². The summed E-state index contributed by atoms with van der Waals surface area (Å²) in [5, 5.41) is 8.80. The molecule has 0 atom stereocenters. The topological polar surface area (TPSA) is 69.6 Å². The first-order valence-electron chi connectivity index (χ1n) is 3.63. The van der Waals surface area contributed by atoms with Crippen molar-refractivity contribution in [3.05, 3.63) is 30.3 Å². The van der Waals surface area contributed by atoms with Crippen LogP contribution in [0.15, 0.2) is 35.2 Å². The number of benzene rings is 1. The Bertz CT molecular complexity index is 344. The van der Waals surface area contributed by atoms with Crippen molar-refractivity contribution in [1.82, 2.24) is 0 Å². The van der Waals surface area contributed by atoms with Crippen molar-refractivity contribution >= 4 is 9.63 Å². The normalized spacial score (nSPS) is 13.8. The molecule has 0 amide bonds. The molecule has 0 aliphatic carbocycles. The summed E-state index contributed by atoms with van der Waals surface area (Å²) >= 11 is 0. The van der Waals surface area contributed by atoms with Crippen LogP contribution in [0.3, 0.4) is 0 Å². The van der Waals surface area contributed by atoms with Crippen LogP contribution in [0, 0.1) is 0 Å². The van der Waals surface area contributed by atoms with E-state index in [0.717, 1.165) is 7.11 Å². The van der Waals surface area contributed by atoms with Crippen molar-refractivity contribution in [2.75, 3.05) is 13.0 Å². The van der Waals surface area contributed by atoms with E-state index in [2.05, 4.69) is 4.18 Å². The second kappa shape index (κ2) is 4.85. The van der Waals surface area contributed by atoms with Gasteiger partial charge < -0.3 is 13.8 Å². The van der Waals surface area contributed by atoms with Gasteiger partial charge in [-0.05, 0) is 21.8 Å². The van der Waals surface area contributed by atoms with E-state index in [4.69, 9.17) is 5.11 Å². The summed E-state index contributed by atoms with van der Waals surface area (Å²) in [6, 6.07) is 7.57. The van der Waals surface area contributed by atoms with Gasteiger partial charge >= 0.3 is 29.6 Å². The molecule has 0 spiro atoms. The van der Waals surface area contributed by atoms with E-state index in [1.165, 1.54) is 12.1 Å². The van der Waals surface area contributed by atoms with Crippen LogP contribution in [0.4, 0.5) is 0 Å². The van der Waals surface area contributed by atoms with E-state index in [1.54, 1.807) is 18.2 Å². The van der Waals surface area contributed by atoms with Gasteiger partial charge in [0.05, 0.1) is 7.11 Å². The predicted octanol–water partition coefficient (Wildman–Crippen LogP) is -2.49. The molecule has 0 aliphatic heterocycles. The summed E-state index contributed by atoms with van der Waals surface area (Å²) < 4.78 is 27.8. The number of rotatable bonds is 3. The number of sulfone groups is 1. The monoisotopic (exact) mass is 226 g/mol. The first-order valence-corrected chi connectivity index (χ1v) is 5.61. The van der Waals surface area contributed by atoms with Crippen LogP contribution in [0.1, 0.15) is 0 Å². The van der Waals surface area contributed by atoms with Gasteiger partial charge in [0.2, 0.25) is 0 Å². The summed E-state index contributed by atoms with van der Waals surface area (Å²) in [4.78, 5) is -0.0236. The molecule has 74 valence electrons. The quantitative estimate of drug-likeness (QED) is 0.579. The van der Waals surface area contributed by atoms with Crippen molar-refractivity contribution in [2.24, 2.45) is 0 Å². The Labute approximate surface area is 105 Å². The van der Waals surface area contributed by atoms with E-state index >= 15 is 0 Å². The molecule has 0 saturated heterocycles. The number of aliphatic hydroxyl groups is 1. The Kier molecular flexibility index (Phi) is 4.94. The average molecular weight is 226 g/mol. The molecule has 6 heteroatoms. The number of hydrogen-bond acceptors (Lipinski definition) is 4. The van der Waals surface area contributed by atoms with E-state index < -0.39 is 15.6 Å². The van der Waals surface area contributed by atoms with E-state index in [1.807, 2.05) is 0 Å². The average Bonchev–Trinajstić information content (AvgIpc) is 2.20. The SMILES string of the molecule is COS(=O)([O-])(CO)c1ccccc1.[Na+]. The molecule has 1 aromatic carbocycles. The van der Waals surface area contributed by atoms with Gasteiger partial charge in [0, 0.05) is 4.90 Å². The molecule has 1 N–H and O–H groups in total. The Morgan fingerprint density at radius 3 is 2.29 bits per heavy atom. The van der Waals surface area contributed by atoms with Gasteiger partial charge in [0.1, 0.15) is 5.94 Å². The fraction of sp³-hybridized carbons (Fsp3) is 0.250. The number of aliphatic hydroxyl groups excluding tert-OH is 1. The maximum atomic E-state index is 11.7. The molecule has 1 rings (SSSR count). The van der Waals surface area contributed by atoms with Gasteiger partial charge in [0.15, 0.2) is 0 Å². The first-order chi connectivity index (χ1) is 6.02. The van der Waals surface area contributed by atoms with E-state index in [-0.39, 0.29) is 34.5 Å².